The zero-order chi connectivity index (χ0) is 31.8. The maximum Gasteiger partial charge on any atom is 0.203 e. The summed E-state index contributed by atoms with van der Waals surface area (Å²) in [7, 11) is 10.00. The van der Waals surface area contributed by atoms with Crippen molar-refractivity contribution in [2.75, 3.05) is 62.3 Å². The highest BCUT2D eigenvalue weighted by atomic mass is 16.5. The molecule has 242 valence electrons. The van der Waals surface area contributed by atoms with E-state index in [1.807, 2.05) is 12.1 Å². The first-order chi connectivity index (χ1) is 22.0. The molecule has 7 nitrogen and oxygen atoms in total. The molecule has 1 unspecified atom stereocenters. The Kier molecular flexibility index (Phi) is 11.2. The normalized spacial score (nSPS) is 15.6. The van der Waals surface area contributed by atoms with Crippen LogP contribution in [0.1, 0.15) is 49.7 Å². The van der Waals surface area contributed by atoms with Crippen LogP contribution in [0.2, 0.25) is 0 Å². The van der Waals surface area contributed by atoms with Crippen molar-refractivity contribution in [1.82, 2.24) is 4.90 Å². The van der Waals surface area contributed by atoms with Crippen molar-refractivity contribution >= 4 is 21.5 Å². The lowest BCUT2D eigenvalue weighted by molar-refractivity contribution is 0.282. The Balaban J connectivity index is 1.11. The van der Waals surface area contributed by atoms with Crippen LogP contribution in [0, 0.1) is 5.92 Å². The fraction of sp³-hybridized carbons (Fsp3) is 0.474. The van der Waals surface area contributed by atoms with E-state index < -0.39 is 0 Å². The second-order valence-corrected chi connectivity index (χ2v) is 12.0. The van der Waals surface area contributed by atoms with Crippen LogP contribution in [0.15, 0.2) is 48.5 Å². The molecule has 1 heterocycles. The minimum atomic E-state index is 0.641. The number of aryl methyl sites for hydroxylation is 1. The Morgan fingerprint density at radius 1 is 0.578 bits per heavy atom. The van der Waals surface area contributed by atoms with Crippen molar-refractivity contribution in [3.63, 3.8) is 0 Å². The second-order valence-electron chi connectivity index (χ2n) is 12.0. The Morgan fingerprint density at radius 2 is 1.13 bits per heavy atom. The third-order valence-corrected chi connectivity index (χ3v) is 9.40. The van der Waals surface area contributed by atoms with Crippen LogP contribution >= 0.6 is 0 Å². The van der Waals surface area contributed by atoms with Crippen molar-refractivity contribution in [2.45, 2.75) is 51.4 Å². The molecule has 0 bridgehead atoms. The molecule has 1 saturated heterocycles. The van der Waals surface area contributed by atoms with Crippen molar-refractivity contribution in [2.24, 2.45) is 5.92 Å². The molecule has 4 aromatic carbocycles. The third-order valence-electron chi connectivity index (χ3n) is 9.40. The van der Waals surface area contributed by atoms with E-state index in [-0.39, 0.29) is 0 Å². The van der Waals surface area contributed by atoms with Crippen molar-refractivity contribution < 1.29 is 28.4 Å². The third kappa shape index (κ3) is 7.36. The molecule has 4 aromatic rings. The first-order valence-electron chi connectivity index (χ1n) is 16.2. The second kappa shape index (κ2) is 15.4. The fourth-order valence-corrected chi connectivity index (χ4v) is 6.93. The van der Waals surface area contributed by atoms with E-state index in [4.69, 9.17) is 28.4 Å². The number of ether oxygens (including phenoxy) is 6. The lowest BCUT2D eigenvalue weighted by Gasteiger charge is -2.20. The van der Waals surface area contributed by atoms with E-state index in [0.29, 0.717) is 23.0 Å². The molecule has 0 aliphatic carbocycles. The number of rotatable bonds is 14. The number of hydrogen-bond acceptors (Lipinski definition) is 7. The minimum absolute atomic E-state index is 0.641. The number of hydrogen-bond donors (Lipinski definition) is 0. The molecule has 45 heavy (non-hydrogen) atoms. The summed E-state index contributed by atoms with van der Waals surface area (Å²) >= 11 is 0. The smallest absolute Gasteiger partial charge is 0.203 e. The Bertz CT molecular complexity index is 1580. The van der Waals surface area contributed by atoms with E-state index >= 15 is 0 Å². The van der Waals surface area contributed by atoms with Crippen molar-refractivity contribution in [3.05, 3.63) is 59.7 Å². The van der Waals surface area contributed by atoms with E-state index in [1.165, 1.54) is 62.7 Å². The number of fused-ring (bicyclic) bond motifs is 2. The summed E-state index contributed by atoms with van der Waals surface area (Å²) in [6.07, 6.45) is 9.77. The number of unbranched alkanes of at least 4 members (excludes halogenated alkanes) is 1. The number of nitrogens with zero attached hydrogens (tertiary/aromatic N) is 1. The quantitative estimate of drug-likeness (QED) is 0.133. The maximum absolute atomic E-state index is 5.75. The Labute approximate surface area is 268 Å². The van der Waals surface area contributed by atoms with Gasteiger partial charge in [0.25, 0.3) is 0 Å². The number of methoxy groups -OCH3 is 6. The molecule has 0 spiro atoms. The largest absolute Gasteiger partial charge is 0.493 e. The van der Waals surface area contributed by atoms with Crippen LogP contribution in [0.3, 0.4) is 0 Å². The SMILES string of the molecule is COc1cc2ccc(CCCCC3CCCN(CCc4ccc5cc(OC)c(OC)c(OC)c5c4)CC3)cc2c(OC)c1OC. The first-order valence-corrected chi connectivity index (χ1v) is 16.2. The zero-order valence-corrected chi connectivity index (χ0v) is 27.9. The van der Waals surface area contributed by atoms with Gasteiger partial charge in [-0.3, -0.25) is 0 Å². The first kappa shape index (κ1) is 32.6. The van der Waals surface area contributed by atoms with Gasteiger partial charge in [0.05, 0.1) is 42.7 Å². The van der Waals surface area contributed by atoms with Crippen molar-refractivity contribution in [1.29, 1.82) is 0 Å². The molecule has 7 heteroatoms. The van der Waals surface area contributed by atoms with Crippen LogP contribution in [0.4, 0.5) is 0 Å². The van der Waals surface area contributed by atoms with E-state index in [9.17, 15) is 0 Å². The van der Waals surface area contributed by atoms with Gasteiger partial charge >= 0.3 is 0 Å². The van der Waals surface area contributed by atoms with Gasteiger partial charge in [-0.15, -0.1) is 0 Å². The predicted molar refractivity (Wildman–Crippen MR) is 182 cm³/mol. The molecule has 1 aliphatic rings. The monoisotopic (exact) mass is 615 g/mol. The number of likely N-dealkylation sites (tertiary alicyclic amines) is 1. The summed E-state index contributed by atoms with van der Waals surface area (Å²) in [6, 6.07) is 17.3. The van der Waals surface area contributed by atoms with E-state index in [1.54, 1.807) is 42.7 Å². The van der Waals surface area contributed by atoms with Gasteiger partial charge in [-0.1, -0.05) is 37.1 Å². The van der Waals surface area contributed by atoms with Crippen LogP contribution < -0.4 is 28.4 Å². The molecule has 0 amide bonds. The lowest BCUT2D eigenvalue weighted by atomic mass is 9.93. The van der Waals surface area contributed by atoms with Gasteiger partial charge in [0.2, 0.25) is 11.5 Å². The highest BCUT2D eigenvalue weighted by Gasteiger charge is 2.19. The molecule has 5 rings (SSSR count). The Hall–Kier alpha value is -3.84. The van der Waals surface area contributed by atoms with Crippen LogP contribution in [0.25, 0.3) is 21.5 Å². The molecule has 1 fully saturated rings. The minimum Gasteiger partial charge on any atom is -0.493 e. The summed E-state index contributed by atoms with van der Waals surface area (Å²) in [5.41, 5.74) is 2.65. The van der Waals surface area contributed by atoms with Gasteiger partial charge < -0.3 is 33.3 Å². The topological polar surface area (TPSA) is 58.6 Å². The summed E-state index contributed by atoms with van der Waals surface area (Å²) in [6.45, 7) is 3.45. The predicted octanol–water partition coefficient (Wildman–Crippen LogP) is 8.10. The van der Waals surface area contributed by atoms with Gasteiger partial charge in [0, 0.05) is 17.3 Å². The highest BCUT2D eigenvalue weighted by molar-refractivity contribution is 5.94. The summed E-state index contributed by atoms with van der Waals surface area (Å²) < 4.78 is 33.7. The van der Waals surface area contributed by atoms with E-state index in [0.717, 1.165) is 58.3 Å². The van der Waals surface area contributed by atoms with Crippen LogP contribution in [0.5, 0.6) is 34.5 Å². The summed E-state index contributed by atoms with van der Waals surface area (Å²) in [5, 5.41) is 4.32. The average Bonchev–Trinajstić information content (AvgIpc) is 3.32. The highest BCUT2D eigenvalue weighted by Crippen LogP contribution is 2.44. The van der Waals surface area contributed by atoms with E-state index in [2.05, 4.69) is 41.3 Å². The molecule has 0 radical (unpaired) electrons. The standard InChI is InChI=1S/C38H49NO6/c1-40-33-24-29-15-13-27(22-31(29)35(42-3)37(33)44-5)11-8-7-10-26-12-9-19-39(20-17-26)21-18-28-14-16-30-25-34(41-2)38(45-6)36(43-4)32(30)23-28/h13-16,22-26H,7-12,17-21H2,1-6H3. The molecular formula is C38H49NO6. The zero-order valence-electron chi connectivity index (χ0n) is 27.9. The summed E-state index contributed by atoms with van der Waals surface area (Å²) in [5.74, 6) is 4.94. The van der Waals surface area contributed by atoms with Crippen LogP contribution in [-0.2, 0) is 12.8 Å². The van der Waals surface area contributed by atoms with Gasteiger partial charge in [-0.25, -0.2) is 0 Å². The van der Waals surface area contributed by atoms with Crippen molar-refractivity contribution in [3.8, 4) is 34.5 Å². The molecular weight excluding hydrogens is 566 g/mol. The maximum atomic E-state index is 5.75. The number of benzene rings is 4. The fourth-order valence-electron chi connectivity index (χ4n) is 6.93. The van der Waals surface area contributed by atoms with Gasteiger partial charge in [-0.05, 0) is 104 Å². The molecule has 0 saturated carbocycles. The summed E-state index contributed by atoms with van der Waals surface area (Å²) in [4.78, 5) is 2.65. The van der Waals surface area contributed by atoms with Crippen LogP contribution in [-0.4, -0.2) is 67.2 Å². The van der Waals surface area contributed by atoms with Gasteiger partial charge in [0.1, 0.15) is 0 Å². The average molecular weight is 616 g/mol. The van der Waals surface area contributed by atoms with Gasteiger partial charge in [0.15, 0.2) is 23.0 Å². The molecule has 0 aromatic heterocycles. The Morgan fingerprint density at radius 3 is 1.67 bits per heavy atom. The lowest BCUT2D eigenvalue weighted by Crippen LogP contribution is -2.27. The van der Waals surface area contributed by atoms with Gasteiger partial charge in [-0.2, -0.15) is 0 Å². The molecule has 1 atom stereocenters. The molecule has 1 aliphatic heterocycles. The molecule has 0 N–H and O–H groups in total.